The molecule has 0 saturated carbocycles. The second-order valence-corrected chi connectivity index (χ2v) is 4.30. The van der Waals surface area contributed by atoms with E-state index in [0.29, 0.717) is 24.0 Å². The second-order valence-electron chi connectivity index (χ2n) is 4.30. The number of nitrogens with zero attached hydrogens (tertiary/aromatic N) is 1. The summed E-state index contributed by atoms with van der Waals surface area (Å²) in [6.07, 6.45) is 0. The summed E-state index contributed by atoms with van der Waals surface area (Å²) < 4.78 is 10.4. The molecule has 1 aromatic carbocycles. The number of hydrogen-bond donors (Lipinski definition) is 3. The molecule has 1 aromatic rings. The summed E-state index contributed by atoms with van der Waals surface area (Å²) in [6, 6.07) is 5.95. The summed E-state index contributed by atoms with van der Waals surface area (Å²) >= 11 is 0. The number of ether oxygens (including phenoxy) is 2. The molecule has 0 atom stereocenters. The Morgan fingerprint density at radius 2 is 1.95 bits per heavy atom. The first-order valence-electron chi connectivity index (χ1n) is 6.09. The van der Waals surface area contributed by atoms with Gasteiger partial charge in [0.15, 0.2) is 11.5 Å². The highest BCUT2D eigenvalue weighted by Crippen LogP contribution is 2.27. The van der Waals surface area contributed by atoms with Crippen LogP contribution in [0.15, 0.2) is 23.2 Å². The maximum Gasteiger partial charge on any atom is 0.206 e. The van der Waals surface area contributed by atoms with Gasteiger partial charge in [-0.2, -0.15) is 0 Å². The van der Waals surface area contributed by atoms with Crippen LogP contribution in [-0.4, -0.2) is 26.2 Å². The highest BCUT2D eigenvalue weighted by Gasteiger charge is 2.04. The van der Waals surface area contributed by atoms with Crippen molar-refractivity contribution in [3.63, 3.8) is 0 Å². The highest BCUT2D eigenvalue weighted by atomic mass is 16.5. The zero-order chi connectivity index (χ0) is 14.3. The van der Waals surface area contributed by atoms with E-state index in [1.165, 1.54) is 0 Å². The first-order chi connectivity index (χ1) is 9.10. The molecule has 6 heteroatoms. The number of methoxy groups -OCH3 is 2. The van der Waals surface area contributed by atoms with Crippen molar-refractivity contribution in [3.8, 4) is 11.5 Å². The standard InChI is InChI=1S/C13H22N4O2/c1-9(2)16-13(17-14)15-8-10-5-6-11(18-3)12(7-10)19-4/h5-7,9H,8,14H2,1-4H3,(H2,15,16,17). The van der Waals surface area contributed by atoms with Crippen molar-refractivity contribution in [2.75, 3.05) is 14.2 Å². The molecule has 0 fully saturated rings. The Morgan fingerprint density at radius 3 is 2.47 bits per heavy atom. The van der Waals surface area contributed by atoms with Crippen molar-refractivity contribution in [3.05, 3.63) is 23.8 Å². The van der Waals surface area contributed by atoms with Gasteiger partial charge in [0.2, 0.25) is 5.96 Å². The molecule has 0 spiro atoms. The fourth-order valence-corrected chi connectivity index (χ4v) is 1.56. The topological polar surface area (TPSA) is 80.9 Å². The SMILES string of the molecule is COc1ccc(CN=C(NN)NC(C)C)cc1OC. The van der Waals surface area contributed by atoms with Gasteiger partial charge < -0.3 is 14.8 Å². The minimum absolute atomic E-state index is 0.264. The van der Waals surface area contributed by atoms with Gasteiger partial charge in [0.05, 0.1) is 20.8 Å². The Hall–Kier alpha value is -1.95. The van der Waals surface area contributed by atoms with Crippen LogP contribution in [0.1, 0.15) is 19.4 Å². The third-order valence-electron chi connectivity index (χ3n) is 2.43. The predicted octanol–water partition coefficient (Wildman–Crippen LogP) is 1.02. The predicted molar refractivity (Wildman–Crippen MR) is 76.3 cm³/mol. The summed E-state index contributed by atoms with van der Waals surface area (Å²) in [4.78, 5) is 4.36. The van der Waals surface area contributed by atoms with Crippen LogP contribution in [0.3, 0.4) is 0 Å². The fourth-order valence-electron chi connectivity index (χ4n) is 1.56. The summed E-state index contributed by atoms with van der Waals surface area (Å²) in [5, 5.41) is 3.11. The molecular formula is C13H22N4O2. The number of nitrogens with one attached hydrogen (secondary N) is 2. The van der Waals surface area contributed by atoms with Gasteiger partial charge in [0.1, 0.15) is 0 Å². The summed E-state index contributed by atoms with van der Waals surface area (Å²) in [5.41, 5.74) is 3.55. The van der Waals surface area contributed by atoms with Crippen LogP contribution in [0, 0.1) is 0 Å². The first-order valence-corrected chi connectivity index (χ1v) is 6.09. The monoisotopic (exact) mass is 266 g/mol. The van der Waals surface area contributed by atoms with Gasteiger partial charge in [-0.15, -0.1) is 0 Å². The zero-order valence-electron chi connectivity index (χ0n) is 11.9. The summed E-state index contributed by atoms with van der Waals surface area (Å²) in [7, 11) is 3.22. The first kappa shape index (κ1) is 15.1. The number of nitrogens with two attached hydrogens (primary N) is 1. The van der Waals surface area contributed by atoms with Crippen molar-refractivity contribution in [2.45, 2.75) is 26.4 Å². The van der Waals surface area contributed by atoms with E-state index in [1.54, 1.807) is 14.2 Å². The number of hydrazine groups is 1. The molecule has 6 nitrogen and oxygen atoms in total. The molecule has 0 radical (unpaired) electrons. The lowest BCUT2D eigenvalue weighted by Gasteiger charge is -2.12. The van der Waals surface area contributed by atoms with E-state index in [9.17, 15) is 0 Å². The largest absolute Gasteiger partial charge is 0.493 e. The number of benzene rings is 1. The number of hydrogen-bond acceptors (Lipinski definition) is 4. The van der Waals surface area contributed by atoms with Crippen LogP contribution in [0.4, 0.5) is 0 Å². The molecule has 1 rings (SSSR count). The molecule has 0 aliphatic rings. The Morgan fingerprint density at radius 1 is 1.26 bits per heavy atom. The van der Waals surface area contributed by atoms with Crippen LogP contribution >= 0.6 is 0 Å². The molecule has 106 valence electrons. The quantitative estimate of drug-likeness (QED) is 0.321. The van der Waals surface area contributed by atoms with Gasteiger partial charge in [-0.05, 0) is 31.5 Å². The zero-order valence-corrected chi connectivity index (χ0v) is 11.9. The molecule has 0 aliphatic heterocycles. The smallest absolute Gasteiger partial charge is 0.206 e. The second kappa shape index (κ2) is 7.48. The molecular weight excluding hydrogens is 244 g/mol. The van der Waals surface area contributed by atoms with Crippen molar-refractivity contribution >= 4 is 5.96 Å². The number of rotatable bonds is 5. The summed E-state index contributed by atoms with van der Waals surface area (Å²) in [5.74, 6) is 7.35. The lowest BCUT2D eigenvalue weighted by atomic mass is 10.2. The van der Waals surface area contributed by atoms with Crippen molar-refractivity contribution in [1.29, 1.82) is 0 Å². The highest BCUT2D eigenvalue weighted by molar-refractivity contribution is 5.79. The van der Waals surface area contributed by atoms with Crippen molar-refractivity contribution < 1.29 is 9.47 Å². The summed E-state index contributed by atoms with van der Waals surface area (Å²) in [6.45, 7) is 4.53. The minimum Gasteiger partial charge on any atom is -0.493 e. The van der Waals surface area contributed by atoms with E-state index < -0.39 is 0 Å². The van der Waals surface area contributed by atoms with Crippen LogP contribution < -0.4 is 26.1 Å². The molecule has 4 N–H and O–H groups in total. The Balaban J connectivity index is 2.79. The minimum atomic E-state index is 0.264. The van der Waals surface area contributed by atoms with Crippen LogP contribution in [0.2, 0.25) is 0 Å². The molecule has 0 saturated heterocycles. The van der Waals surface area contributed by atoms with Gasteiger partial charge in [-0.1, -0.05) is 6.07 Å². The average Bonchev–Trinajstić information content (AvgIpc) is 2.42. The molecule has 0 amide bonds. The molecule has 0 aliphatic carbocycles. The average molecular weight is 266 g/mol. The normalized spacial score (nSPS) is 11.4. The van der Waals surface area contributed by atoms with Gasteiger partial charge in [0.25, 0.3) is 0 Å². The van der Waals surface area contributed by atoms with Gasteiger partial charge >= 0.3 is 0 Å². The van der Waals surface area contributed by atoms with Crippen LogP contribution in [0.5, 0.6) is 11.5 Å². The van der Waals surface area contributed by atoms with E-state index in [4.69, 9.17) is 15.3 Å². The van der Waals surface area contributed by atoms with E-state index in [2.05, 4.69) is 15.7 Å². The fraction of sp³-hybridized carbons (Fsp3) is 0.462. The molecule has 0 aromatic heterocycles. The van der Waals surface area contributed by atoms with Gasteiger partial charge in [-0.25, -0.2) is 10.8 Å². The van der Waals surface area contributed by atoms with Gasteiger partial charge in [-0.3, -0.25) is 5.43 Å². The van der Waals surface area contributed by atoms with E-state index in [0.717, 1.165) is 5.56 Å². The van der Waals surface area contributed by atoms with Gasteiger partial charge in [0, 0.05) is 6.04 Å². The molecule has 19 heavy (non-hydrogen) atoms. The number of aliphatic imine (C=N–C) groups is 1. The Labute approximate surface area is 114 Å². The maximum atomic E-state index is 5.40. The van der Waals surface area contributed by atoms with E-state index in [-0.39, 0.29) is 6.04 Å². The third kappa shape index (κ3) is 4.67. The van der Waals surface area contributed by atoms with Crippen LogP contribution in [-0.2, 0) is 6.54 Å². The lowest BCUT2D eigenvalue weighted by molar-refractivity contribution is 0.354. The van der Waals surface area contributed by atoms with Crippen molar-refractivity contribution in [2.24, 2.45) is 10.8 Å². The lowest BCUT2D eigenvalue weighted by Crippen LogP contribution is -2.44. The molecule has 0 bridgehead atoms. The Bertz CT molecular complexity index is 433. The number of guanidine groups is 1. The van der Waals surface area contributed by atoms with Crippen LogP contribution in [0.25, 0.3) is 0 Å². The molecule has 0 unspecified atom stereocenters. The Kier molecular flexibility index (Phi) is 5.95. The van der Waals surface area contributed by atoms with E-state index >= 15 is 0 Å². The molecule has 0 heterocycles. The third-order valence-corrected chi connectivity index (χ3v) is 2.43. The van der Waals surface area contributed by atoms with E-state index in [1.807, 2.05) is 32.0 Å². The van der Waals surface area contributed by atoms with Crippen molar-refractivity contribution in [1.82, 2.24) is 10.7 Å². The maximum absolute atomic E-state index is 5.40.